The average molecular weight is 409 g/mol. The largest absolute Gasteiger partial charge is 0.494 e. The van der Waals surface area contributed by atoms with E-state index in [2.05, 4.69) is 10.5 Å². The summed E-state index contributed by atoms with van der Waals surface area (Å²) in [5, 5.41) is 4.53. The molecule has 3 aromatic carbocycles. The van der Waals surface area contributed by atoms with Crippen molar-refractivity contribution in [3.63, 3.8) is 0 Å². The third-order valence-electron chi connectivity index (χ3n) is 4.03. The molecule has 0 aliphatic carbocycles. The molecule has 0 aromatic heterocycles. The van der Waals surface area contributed by atoms with Crippen molar-refractivity contribution >= 4 is 23.7 Å². The van der Waals surface area contributed by atoms with E-state index >= 15 is 0 Å². The zero-order valence-corrected chi connectivity index (χ0v) is 16.7. The van der Waals surface area contributed by atoms with E-state index in [9.17, 15) is 4.79 Å². The number of carbonyl (C=O) groups excluding carboxylic acids is 1. The van der Waals surface area contributed by atoms with E-state index in [0.717, 1.165) is 22.6 Å². The van der Waals surface area contributed by atoms with E-state index in [0.29, 0.717) is 23.8 Å². The molecule has 0 aliphatic rings. The maximum atomic E-state index is 12.2. The van der Waals surface area contributed by atoms with Crippen LogP contribution in [0.25, 0.3) is 0 Å². The molecule has 0 unspecified atom stereocenters. The molecular formula is C23H21ClN2O3. The molecule has 1 amide bonds. The monoisotopic (exact) mass is 408 g/mol. The van der Waals surface area contributed by atoms with Crippen LogP contribution in [-0.2, 0) is 6.61 Å². The predicted molar refractivity (Wildman–Crippen MR) is 115 cm³/mol. The summed E-state index contributed by atoms with van der Waals surface area (Å²) < 4.78 is 11.2. The van der Waals surface area contributed by atoms with Gasteiger partial charge in [-0.1, -0.05) is 41.9 Å². The van der Waals surface area contributed by atoms with Gasteiger partial charge in [-0.25, -0.2) is 5.43 Å². The number of halogens is 1. The molecule has 5 nitrogen and oxygen atoms in total. The average Bonchev–Trinajstić information content (AvgIpc) is 2.75. The van der Waals surface area contributed by atoms with Crippen molar-refractivity contribution < 1.29 is 14.3 Å². The molecule has 0 saturated carbocycles. The molecule has 0 radical (unpaired) electrons. The molecule has 1 N–H and O–H groups in total. The standard InChI is InChI=1S/C23H21ClN2O3/c1-2-28-20-11-13-21(14-12-20)29-16-17-7-9-18(10-8-17)23(27)26-25-15-19-5-3-4-6-22(19)24/h3-15H,2,16H2,1H3,(H,26,27)/b25-15-. The minimum Gasteiger partial charge on any atom is -0.494 e. The van der Waals surface area contributed by atoms with Gasteiger partial charge < -0.3 is 9.47 Å². The van der Waals surface area contributed by atoms with Gasteiger partial charge in [-0.15, -0.1) is 0 Å². The van der Waals surface area contributed by atoms with Crippen molar-refractivity contribution in [1.29, 1.82) is 0 Å². The first-order valence-electron chi connectivity index (χ1n) is 9.18. The predicted octanol–water partition coefficient (Wildman–Crippen LogP) is 5.08. The Hall–Kier alpha value is -3.31. The summed E-state index contributed by atoms with van der Waals surface area (Å²) in [5.74, 6) is 1.27. The van der Waals surface area contributed by atoms with Crippen molar-refractivity contribution in [3.8, 4) is 11.5 Å². The van der Waals surface area contributed by atoms with E-state index < -0.39 is 0 Å². The molecule has 0 saturated heterocycles. The number of hydrazone groups is 1. The second kappa shape index (κ2) is 10.3. The summed E-state index contributed by atoms with van der Waals surface area (Å²) in [7, 11) is 0. The van der Waals surface area contributed by atoms with E-state index in [4.69, 9.17) is 21.1 Å². The lowest BCUT2D eigenvalue weighted by Gasteiger charge is -2.08. The number of amides is 1. The molecule has 0 aliphatic heterocycles. The lowest BCUT2D eigenvalue weighted by atomic mass is 10.1. The maximum Gasteiger partial charge on any atom is 0.271 e. The molecule has 3 rings (SSSR count). The Labute approximate surface area is 174 Å². The molecular weight excluding hydrogens is 388 g/mol. The molecule has 0 bridgehead atoms. The SMILES string of the molecule is CCOc1ccc(OCc2ccc(C(=O)N/N=C\c3ccccc3Cl)cc2)cc1. The zero-order chi connectivity index (χ0) is 20.5. The topological polar surface area (TPSA) is 59.9 Å². The van der Waals surface area contributed by atoms with Gasteiger partial charge >= 0.3 is 0 Å². The van der Waals surface area contributed by atoms with E-state index in [-0.39, 0.29) is 5.91 Å². The first-order valence-corrected chi connectivity index (χ1v) is 9.56. The van der Waals surface area contributed by atoms with Gasteiger partial charge in [0, 0.05) is 16.1 Å². The molecule has 0 heterocycles. The van der Waals surface area contributed by atoms with Crippen LogP contribution in [0.4, 0.5) is 0 Å². The van der Waals surface area contributed by atoms with Gasteiger partial charge in [0.1, 0.15) is 18.1 Å². The number of nitrogens with zero attached hydrogens (tertiary/aromatic N) is 1. The number of hydrogen-bond donors (Lipinski definition) is 1. The van der Waals surface area contributed by atoms with Crippen LogP contribution in [0, 0.1) is 0 Å². The molecule has 0 atom stereocenters. The molecule has 0 fully saturated rings. The van der Waals surface area contributed by atoms with E-state index in [1.165, 1.54) is 6.21 Å². The number of carbonyl (C=O) groups is 1. The number of nitrogens with one attached hydrogen (secondary N) is 1. The van der Waals surface area contributed by atoms with Crippen molar-refractivity contribution in [2.75, 3.05) is 6.61 Å². The maximum absolute atomic E-state index is 12.2. The van der Waals surface area contributed by atoms with Gasteiger partial charge in [0.2, 0.25) is 0 Å². The lowest BCUT2D eigenvalue weighted by molar-refractivity contribution is 0.0955. The van der Waals surface area contributed by atoms with Gasteiger partial charge in [0.05, 0.1) is 12.8 Å². The van der Waals surface area contributed by atoms with Crippen LogP contribution in [0.5, 0.6) is 11.5 Å². The van der Waals surface area contributed by atoms with E-state index in [1.54, 1.807) is 18.2 Å². The first-order chi connectivity index (χ1) is 14.2. The smallest absolute Gasteiger partial charge is 0.271 e. The Morgan fingerprint density at radius 3 is 2.28 bits per heavy atom. The summed E-state index contributed by atoms with van der Waals surface area (Å²) in [4.78, 5) is 12.2. The van der Waals surface area contributed by atoms with Crippen molar-refractivity contribution in [2.24, 2.45) is 5.10 Å². The molecule has 6 heteroatoms. The Bertz CT molecular complexity index is 970. The Morgan fingerprint density at radius 2 is 1.62 bits per heavy atom. The molecule has 0 spiro atoms. The fraction of sp³-hybridized carbons (Fsp3) is 0.130. The van der Waals surface area contributed by atoms with Crippen LogP contribution < -0.4 is 14.9 Å². The molecule has 148 valence electrons. The minimum absolute atomic E-state index is 0.299. The van der Waals surface area contributed by atoms with Gasteiger partial charge in [-0.05, 0) is 55.0 Å². The minimum atomic E-state index is -0.299. The normalized spacial score (nSPS) is 10.7. The first kappa shape index (κ1) is 20.4. The summed E-state index contributed by atoms with van der Waals surface area (Å²) in [6, 6.07) is 21.9. The highest BCUT2D eigenvalue weighted by Gasteiger charge is 2.05. The summed E-state index contributed by atoms with van der Waals surface area (Å²) in [6.07, 6.45) is 1.51. The number of hydrogen-bond acceptors (Lipinski definition) is 4. The fourth-order valence-electron chi connectivity index (χ4n) is 2.52. The third kappa shape index (κ3) is 6.09. The second-order valence-electron chi connectivity index (χ2n) is 6.11. The number of ether oxygens (including phenoxy) is 2. The van der Waals surface area contributed by atoms with Crippen LogP contribution in [0.1, 0.15) is 28.4 Å². The van der Waals surface area contributed by atoms with Crippen molar-refractivity contribution in [2.45, 2.75) is 13.5 Å². The Balaban J connectivity index is 1.51. The van der Waals surface area contributed by atoms with Crippen LogP contribution in [0.2, 0.25) is 5.02 Å². The van der Waals surface area contributed by atoms with Crippen LogP contribution in [0.15, 0.2) is 77.9 Å². The molecule has 3 aromatic rings. The summed E-state index contributed by atoms with van der Waals surface area (Å²) in [5.41, 5.74) is 4.69. The van der Waals surface area contributed by atoms with Gasteiger partial charge in [0.25, 0.3) is 5.91 Å². The molecule has 29 heavy (non-hydrogen) atoms. The number of benzene rings is 3. The highest BCUT2D eigenvalue weighted by atomic mass is 35.5. The van der Waals surface area contributed by atoms with Gasteiger partial charge in [-0.2, -0.15) is 5.10 Å². The highest BCUT2D eigenvalue weighted by molar-refractivity contribution is 6.33. The van der Waals surface area contributed by atoms with Crippen molar-refractivity contribution in [3.05, 3.63) is 94.5 Å². The van der Waals surface area contributed by atoms with Crippen LogP contribution in [0.3, 0.4) is 0 Å². The second-order valence-corrected chi connectivity index (χ2v) is 6.52. The summed E-state index contributed by atoms with van der Waals surface area (Å²) in [6.45, 7) is 2.98. The third-order valence-corrected chi connectivity index (χ3v) is 4.38. The van der Waals surface area contributed by atoms with Crippen LogP contribution in [-0.4, -0.2) is 18.7 Å². The quantitative estimate of drug-likeness (QED) is 0.417. The zero-order valence-electron chi connectivity index (χ0n) is 16.0. The van der Waals surface area contributed by atoms with Crippen molar-refractivity contribution in [1.82, 2.24) is 5.43 Å². The van der Waals surface area contributed by atoms with Gasteiger partial charge in [-0.3, -0.25) is 4.79 Å². The van der Waals surface area contributed by atoms with Gasteiger partial charge in [0.15, 0.2) is 0 Å². The Kier molecular flexibility index (Phi) is 7.25. The summed E-state index contributed by atoms with van der Waals surface area (Å²) >= 11 is 6.05. The fourth-order valence-corrected chi connectivity index (χ4v) is 2.71. The Morgan fingerprint density at radius 1 is 0.966 bits per heavy atom. The lowest BCUT2D eigenvalue weighted by Crippen LogP contribution is -2.17. The van der Waals surface area contributed by atoms with E-state index in [1.807, 2.05) is 61.5 Å². The highest BCUT2D eigenvalue weighted by Crippen LogP contribution is 2.19. The number of rotatable bonds is 8. The van der Waals surface area contributed by atoms with Crippen LogP contribution >= 0.6 is 11.6 Å².